The third kappa shape index (κ3) is 5.50. The second-order valence-corrected chi connectivity index (χ2v) is 6.31. The van der Waals surface area contributed by atoms with Crippen LogP contribution in [0.15, 0.2) is 35.7 Å². The van der Waals surface area contributed by atoms with E-state index in [1.54, 1.807) is 23.5 Å². The second kappa shape index (κ2) is 8.45. The molecule has 0 saturated carbocycles. The van der Waals surface area contributed by atoms with Crippen LogP contribution in [0.2, 0.25) is 0 Å². The lowest BCUT2D eigenvalue weighted by atomic mass is 10.1. The standard InChI is InChI=1S/C17H21N3O2S/c1-12-10-13(19-16(21)5-2-8-18)6-7-15(12)20-17(22)11-14-4-3-9-23-14/h3-4,6-7,9-10H,2,5,8,11,18H2,1H3,(H,19,21)(H,20,22). The van der Waals surface area contributed by atoms with E-state index >= 15 is 0 Å². The topological polar surface area (TPSA) is 84.2 Å². The maximum Gasteiger partial charge on any atom is 0.229 e. The fraction of sp³-hybridized carbons (Fsp3) is 0.294. The van der Waals surface area contributed by atoms with Gasteiger partial charge in [-0.05, 0) is 55.1 Å². The van der Waals surface area contributed by atoms with E-state index in [-0.39, 0.29) is 11.8 Å². The van der Waals surface area contributed by atoms with E-state index in [1.807, 2.05) is 30.5 Å². The van der Waals surface area contributed by atoms with E-state index in [9.17, 15) is 9.59 Å². The van der Waals surface area contributed by atoms with Crippen LogP contribution in [-0.2, 0) is 16.0 Å². The first kappa shape index (κ1) is 17.2. The Hall–Kier alpha value is -2.18. The van der Waals surface area contributed by atoms with Crippen LogP contribution >= 0.6 is 11.3 Å². The highest BCUT2D eigenvalue weighted by atomic mass is 32.1. The van der Waals surface area contributed by atoms with Gasteiger partial charge in [-0.15, -0.1) is 11.3 Å². The summed E-state index contributed by atoms with van der Waals surface area (Å²) < 4.78 is 0. The Bertz CT molecular complexity index is 668. The first-order valence-corrected chi connectivity index (χ1v) is 8.39. The van der Waals surface area contributed by atoms with Crippen molar-refractivity contribution in [1.82, 2.24) is 0 Å². The van der Waals surface area contributed by atoms with Gasteiger partial charge in [0.1, 0.15) is 0 Å². The lowest BCUT2D eigenvalue weighted by Crippen LogP contribution is -2.15. The minimum atomic E-state index is -0.0515. The van der Waals surface area contributed by atoms with Crippen LogP contribution in [0.1, 0.15) is 23.3 Å². The minimum Gasteiger partial charge on any atom is -0.330 e. The number of benzene rings is 1. The van der Waals surface area contributed by atoms with Crippen molar-refractivity contribution in [3.63, 3.8) is 0 Å². The van der Waals surface area contributed by atoms with Crippen molar-refractivity contribution >= 4 is 34.5 Å². The largest absolute Gasteiger partial charge is 0.330 e. The Kier molecular flexibility index (Phi) is 6.31. The molecule has 122 valence electrons. The molecule has 0 fully saturated rings. The first-order chi connectivity index (χ1) is 11.1. The van der Waals surface area contributed by atoms with Crippen molar-refractivity contribution in [2.45, 2.75) is 26.2 Å². The Balaban J connectivity index is 1.93. The molecular weight excluding hydrogens is 310 g/mol. The van der Waals surface area contributed by atoms with Crippen molar-refractivity contribution in [3.8, 4) is 0 Å². The third-order valence-corrected chi connectivity index (χ3v) is 4.18. The number of hydrogen-bond acceptors (Lipinski definition) is 4. The van der Waals surface area contributed by atoms with Crippen molar-refractivity contribution < 1.29 is 9.59 Å². The highest BCUT2D eigenvalue weighted by Crippen LogP contribution is 2.20. The maximum atomic E-state index is 12.0. The molecule has 2 amide bonds. The number of nitrogens with two attached hydrogens (primary N) is 1. The number of thiophene rings is 1. The van der Waals surface area contributed by atoms with Crippen LogP contribution in [0.4, 0.5) is 11.4 Å². The van der Waals surface area contributed by atoms with Gasteiger partial charge in [0, 0.05) is 22.7 Å². The summed E-state index contributed by atoms with van der Waals surface area (Å²) in [5.41, 5.74) is 7.77. The monoisotopic (exact) mass is 331 g/mol. The number of carbonyl (C=O) groups excluding carboxylic acids is 2. The van der Waals surface area contributed by atoms with E-state index in [0.717, 1.165) is 21.8 Å². The molecule has 0 aliphatic carbocycles. The molecule has 1 aromatic heterocycles. The SMILES string of the molecule is Cc1cc(NC(=O)CCCN)ccc1NC(=O)Cc1cccs1. The van der Waals surface area contributed by atoms with Gasteiger partial charge in [-0.25, -0.2) is 0 Å². The molecule has 0 aliphatic heterocycles. The van der Waals surface area contributed by atoms with Crippen LogP contribution in [0, 0.1) is 6.92 Å². The number of amides is 2. The fourth-order valence-electron chi connectivity index (χ4n) is 2.13. The van der Waals surface area contributed by atoms with Gasteiger partial charge in [-0.2, -0.15) is 0 Å². The number of hydrogen-bond donors (Lipinski definition) is 3. The molecule has 4 N–H and O–H groups in total. The first-order valence-electron chi connectivity index (χ1n) is 7.51. The second-order valence-electron chi connectivity index (χ2n) is 5.27. The molecule has 0 radical (unpaired) electrons. The van der Waals surface area contributed by atoms with Gasteiger partial charge in [0.05, 0.1) is 6.42 Å². The molecule has 1 heterocycles. The molecule has 0 unspecified atom stereocenters. The molecule has 6 heteroatoms. The van der Waals surface area contributed by atoms with E-state index in [1.165, 1.54) is 0 Å². The molecule has 0 aliphatic rings. The highest BCUT2D eigenvalue weighted by molar-refractivity contribution is 7.10. The van der Waals surface area contributed by atoms with Gasteiger partial charge in [-0.3, -0.25) is 9.59 Å². The smallest absolute Gasteiger partial charge is 0.229 e. The molecule has 1 aromatic carbocycles. The average Bonchev–Trinajstić information content (AvgIpc) is 3.00. The van der Waals surface area contributed by atoms with Gasteiger partial charge >= 0.3 is 0 Å². The number of aryl methyl sites for hydroxylation is 1. The van der Waals surface area contributed by atoms with Crippen molar-refractivity contribution in [2.24, 2.45) is 5.73 Å². The Morgan fingerprint density at radius 2 is 2.00 bits per heavy atom. The molecule has 0 bridgehead atoms. The summed E-state index contributed by atoms with van der Waals surface area (Å²) in [5, 5.41) is 7.69. The summed E-state index contributed by atoms with van der Waals surface area (Å²) in [7, 11) is 0. The quantitative estimate of drug-likeness (QED) is 0.729. The lowest BCUT2D eigenvalue weighted by molar-refractivity contribution is -0.116. The summed E-state index contributed by atoms with van der Waals surface area (Å²) in [5.74, 6) is -0.0976. The van der Waals surface area contributed by atoms with Gasteiger partial charge in [0.25, 0.3) is 0 Å². The minimum absolute atomic E-state index is 0.0460. The van der Waals surface area contributed by atoms with E-state index in [2.05, 4.69) is 10.6 Å². The third-order valence-electron chi connectivity index (χ3n) is 3.31. The molecule has 0 atom stereocenters. The molecule has 23 heavy (non-hydrogen) atoms. The lowest BCUT2D eigenvalue weighted by Gasteiger charge is -2.11. The molecule has 0 spiro atoms. The van der Waals surface area contributed by atoms with Crippen molar-refractivity contribution in [2.75, 3.05) is 17.2 Å². The van der Waals surface area contributed by atoms with Gasteiger partial charge < -0.3 is 16.4 Å². The molecular formula is C17H21N3O2S. The average molecular weight is 331 g/mol. The Morgan fingerprint density at radius 3 is 2.65 bits per heavy atom. The number of carbonyl (C=O) groups is 2. The van der Waals surface area contributed by atoms with Crippen LogP contribution in [-0.4, -0.2) is 18.4 Å². The molecule has 2 rings (SSSR count). The van der Waals surface area contributed by atoms with E-state index < -0.39 is 0 Å². The van der Waals surface area contributed by atoms with Crippen LogP contribution in [0.25, 0.3) is 0 Å². The molecule has 0 saturated heterocycles. The molecule has 2 aromatic rings. The fourth-order valence-corrected chi connectivity index (χ4v) is 2.84. The summed E-state index contributed by atoms with van der Waals surface area (Å²) in [6.07, 6.45) is 1.45. The zero-order chi connectivity index (χ0) is 16.7. The van der Waals surface area contributed by atoms with Crippen LogP contribution in [0.3, 0.4) is 0 Å². The summed E-state index contributed by atoms with van der Waals surface area (Å²) in [6, 6.07) is 9.31. The zero-order valence-corrected chi connectivity index (χ0v) is 13.9. The normalized spacial score (nSPS) is 10.3. The number of rotatable bonds is 7. The van der Waals surface area contributed by atoms with Crippen LogP contribution < -0.4 is 16.4 Å². The Labute approximate surface area is 139 Å². The van der Waals surface area contributed by atoms with Crippen LogP contribution in [0.5, 0.6) is 0 Å². The number of nitrogens with one attached hydrogen (secondary N) is 2. The number of anilines is 2. The van der Waals surface area contributed by atoms with Crippen molar-refractivity contribution in [1.29, 1.82) is 0 Å². The summed E-state index contributed by atoms with van der Waals surface area (Å²) in [4.78, 5) is 24.7. The van der Waals surface area contributed by atoms with Gasteiger partial charge in [0.2, 0.25) is 11.8 Å². The van der Waals surface area contributed by atoms with E-state index in [0.29, 0.717) is 25.8 Å². The van der Waals surface area contributed by atoms with Gasteiger partial charge in [-0.1, -0.05) is 6.07 Å². The Morgan fingerprint density at radius 1 is 1.17 bits per heavy atom. The predicted octanol–water partition coefficient (Wildman–Crippen LogP) is 2.92. The predicted molar refractivity (Wildman–Crippen MR) is 94.7 cm³/mol. The molecule has 5 nitrogen and oxygen atoms in total. The highest BCUT2D eigenvalue weighted by Gasteiger charge is 2.08. The van der Waals surface area contributed by atoms with Gasteiger partial charge in [0.15, 0.2) is 0 Å². The zero-order valence-electron chi connectivity index (χ0n) is 13.1. The van der Waals surface area contributed by atoms with E-state index in [4.69, 9.17) is 5.73 Å². The summed E-state index contributed by atoms with van der Waals surface area (Å²) >= 11 is 1.56. The maximum absolute atomic E-state index is 12.0. The summed E-state index contributed by atoms with van der Waals surface area (Å²) in [6.45, 7) is 2.40. The van der Waals surface area contributed by atoms with Crippen molar-refractivity contribution in [3.05, 3.63) is 46.2 Å².